The van der Waals surface area contributed by atoms with E-state index in [1.165, 1.54) is 80.9 Å². The van der Waals surface area contributed by atoms with Crippen LogP contribution >= 0.6 is 0 Å². The van der Waals surface area contributed by atoms with E-state index in [4.69, 9.17) is 4.74 Å². The van der Waals surface area contributed by atoms with Crippen LogP contribution in [0, 0.1) is 5.92 Å². The molecule has 0 saturated heterocycles. The number of benzene rings is 2. The molecule has 0 saturated carbocycles. The molecule has 0 bridgehead atoms. The molecular formula is C34H48N2O. The van der Waals surface area contributed by atoms with Gasteiger partial charge in [-0.05, 0) is 67.3 Å². The lowest BCUT2D eigenvalue weighted by Gasteiger charge is -2.15. The summed E-state index contributed by atoms with van der Waals surface area (Å²) in [4.78, 5) is 9.29. The van der Waals surface area contributed by atoms with Crippen LogP contribution in [0.2, 0.25) is 0 Å². The number of unbranched alkanes of at least 4 members (excludes halogenated alkanes) is 6. The van der Waals surface area contributed by atoms with Crippen molar-refractivity contribution >= 4 is 0 Å². The fourth-order valence-corrected chi connectivity index (χ4v) is 4.70. The average molecular weight is 501 g/mol. The molecule has 1 heterocycles. The van der Waals surface area contributed by atoms with Crippen molar-refractivity contribution in [2.75, 3.05) is 0 Å². The molecule has 0 spiro atoms. The van der Waals surface area contributed by atoms with Crippen molar-refractivity contribution in [1.29, 1.82) is 0 Å². The lowest BCUT2D eigenvalue weighted by atomic mass is 10.00. The molecule has 1 aromatic heterocycles. The van der Waals surface area contributed by atoms with Crippen molar-refractivity contribution in [2.45, 2.75) is 111 Å². The standard InChI is InChI=1S/C34H48N2O/c1-5-7-8-12-15-28(4)37-33-23-21-31(22-24-33)30-17-19-32(20-18-30)34-35-25-29(26-36-34)16-13-10-9-11-14-27(3)6-2/h17-28H,5-16H2,1-4H3/t27-,28+/m0/s1. The van der Waals surface area contributed by atoms with Crippen LogP contribution in [0.4, 0.5) is 0 Å². The monoisotopic (exact) mass is 500 g/mol. The van der Waals surface area contributed by atoms with Crippen LogP contribution in [0.5, 0.6) is 5.75 Å². The molecule has 0 fully saturated rings. The van der Waals surface area contributed by atoms with Crippen molar-refractivity contribution in [3.05, 3.63) is 66.5 Å². The topological polar surface area (TPSA) is 35.0 Å². The summed E-state index contributed by atoms with van der Waals surface area (Å²) in [5.41, 5.74) is 4.67. The fraction of sp³-hybridized carbons (Fsp3) is 0.529. The molecule has 2 aromatic carbocycles. The van der Waals surface area contributed by atoms with Crippen molar-refractivity contribution < 1.29 is 4.74 Å². The molecule has 200 valence electrons. The number of aromatic nitrogens is 2. The molecule has 3 nitrogen and oxygen atoms in total. The van der Waals surface area contributed by atoms with Crippen molar-refractivity contribution in [1.82, 2.24) is 9.97 Å². The Hall–Kier alpha value is -2.68. The highest BCUT2D eigenvalue weighted by Gasteiger charge is 2.07. The summed E-state index contributed by atoms with van der Waals surface area (Å²) < 4.78 is 6.11. The molecule has 3 heteroatoms. The molecular weight excluding hydrogens is 452 g/mol. The van der Waals surface area contributed by atoms with Gasteiger partial charge in [-0.2, -0.15) is 0 Å². The van der Waals surface area contributed by atoms with Crippen LogP contribution in [0.25, 0.3) is 22.5 Å². The molecule has 0 N–H and O–H groups in total. The average Bonchev–Trinajstić information content (AvgIpc) is 2.94. The first-order chi connectivity index (χ1) is 18.1. The zero-order chi connectivity index (χ0) is 26.3. The van der Waals surface area contributed by atoms with Gasteiger partial charge in [-0.3, -0.25) is 0 Å². The molecule has 0 radical (unpaired) electrons. The van der Waals surface area contributed by atoms with Crippen molar-refractivity contribution in [3.63, 3.8) is 0 Å². The normalized spacial score (nSPS) is 12.9. The summed E-state index contributed by atoms with van der Waals surface area (Å²) in [6.45, 7) is 9.06. The maximum Gasteiger partial charge on any atom is 0.159 e. The SMILES string of the molecule is CCCCCC[C@@H](C)Oc1ccc(-c2ccc(-c3ncc(CCCCCC[C@@H](C)CC)cn3)cc2)cc1. The van der Waals surface area contributed by atoms with Crippen LogP contribution in [-0.2, 0) is 6.42 Å². The van der Waals surface area contributed by atoms with E-state index in [-0.39, 0.29) is 6.10 Å². The van der Waals surface area contributed by atoms with E-state index in [0.717, 1.165) is 35.9 Å². The first-order valence-electron chi connectivity index (χ1n) is 14.8. The Bertz CT molecular complexity index is 995. The van der Waals surface area contributed by atoms with Crippen LogP contribution < -0.4 is 4.74 Å². The number of nitrogens with zero attached hydrogens (tertiary/aromatic N) is 2. The third-order valence-corrected chi connectivity index (χ3v) is 7.45. The van der Waals surface area contributed by atoms with Crippen LogP contribution in [0.1, 0.15) is 104 Å². The molecule has 3 aromatic rings. The van der Waals surface area contributed by atoms with Gasteiger partial charge in [0.25, 0.3) is 0 Å². The first-order valence-corrected chi connectivity index (χ1v) is 14.8. The van der Waals surface area contributed by atoms with Crippen LogP contribution in [0.15, 0.2) is 60.9 Å². The summed E-state index contributed by atoms with van der Waals surface area (Å²) in [6, 6.07) is 17.0. The highest BCUT2D eigenvalue weighted by Crippen LogP contribution is 2.26. The van der Waals surface area contributed by atoms with Gasteiger partial charge in [0.15, 0.2) is 5.82 Å². The predicted octanol–water partition coefficient (Wildman–Crippen LogP) is 10.1. The predicted molar refractivity (Wildman–Crippen MR) is 158 cm³/mol. The number of rotatable bonds is 17. The molecule has 0 aliphatic carbocycles. The Morgan fingerprint density at radius 3 is 1.86 bits per heavy atom. The zero-order valence-electron chi connectivity index (χ0n) is 23.7. The molecule has 0 aliphatic heterocycles. The van der Waals surface area contributed by atoms with E-state index in [1.807, 2.05) is 12.4 Å². The Morgan fingerprint density at radius 2 is 1.22 bits per heavy atom. The van der Waals surface area contributed by atoms with Gasteiger partial charge < -0.3 is 4.74 Å². The molecule has 2 atom stereocenters. The van der Waals surface area contributed by atoms with Gasteiger partial charge in [-0.1, -0.05) is 109 Å². The minimum Gasteiger partial charge on any atom is -0.491 e. The Kier molecular flexibility index (Phi) is 12.7. The Balaban J connectivity index is 1.45. The van der Waals surface area contributed by atoms with E-state index in [1.54, 1.807) is 0 Å². The Morgan fingerprint density at radius 1 is 0.649 bits per heavy atom. The van der Waals surface area contributed by atoms with Gasteiger partial charge >= 0.3 is 0 Å². The van der Waals surface area contributed by atoms with E-state index in [2.05, 4.69) is 86.2 Å². The number of hydrogen-bond donors (Lipinski definition) is 0. The summed E-state index contributed by atoms with van der Waals surface area (Å²) in [5, 5.41) is 0. The quantitative estimate of drug-likeness (QED) is 0.173. The van der Waals surface area contributed by atoms with Gasteiger partial charge in [-0.25, -0.2) is 9.97 Å². The number of hydrogen-bond acceptors (Lipinski definition) is 3. The van der Waals surface area contributed by atoms with E-state index < -0.39 is 0 Å². The molecule has 0 unspecified atom stereocenters. The van der Waals surface area contributed by atoms with E-state index >= 15 is 0 Å². The largest absolute Gasteiger partial charge is 0.491 e. The van der Waals surface area contributed by atoms with Crippen molar-refractivity contribution in [3.8, 4) is 28.3 Å². The van der Waals surface area contributed by atoms with Gasteiger partial charge in [0, 0.05) is 18.0 Å². The lowest BCUT2D eigenvalue weighted by molar-refractivity contribution is 0.206. The summed E-state index contributed by atoms with van der Waals surface area (Å²) in [5.74, 6) is 2.61. The zero-order valence-corrected chi connectivity index (χ0v) is 23.7. The molecule has 3 rings (SSSR count). The first kappa shape index (κ1) is 28.9. The van der Waals surface area contributed by atoms with Crippen LogP contribution in [0.3, 0.4) is 0 Å². The molecule has 0 aliphatic rings. The lowest BCUT2D eigenvalue weighted by Crippen LogP contribution is -2.11. The third kappa shape index (κ3) is 10.3. The smallest absolute Gasteiger partial charge is 0.159 e. The van der Waals surface area contributed by atoms with Crippen LogP contribution in [-0.4, -0.2) is 16.1 Å². The van der Waals surface area contributed by atoms with Crippen molar-refractivity contribution in [2.24, 2.45) is 5.92 Å². The fourth-order valence-electron chi connectivity index (χ4n) is 4.70. The summed E-state index contributed by atoms with van der Waals surface area (Å²) in [7, 11) is 0. The van der Waals surface area contributed by atoms with Gasteiger partial charge in [0.1, 0.15) is 5.75 Å². The van der Waals surface area contributed by atoms with E-state index in [0.29, 0.717) is 0 Å². The summed E-state index contributed by atoms with van der Waals surface area (Å²) >= 11 is 0. The molecule has 37 heavy (non-hydrogen) atoms. The second kappa shape index (κ2) is 16.2. The van der Waals surface area contributed by atoms with E-state index in [9.17, 15) is 0 Å². The minimum atomic E-state index is 0.257. The summed E-state index contributed by atoms with van der Waals surface area (Å²) in [6.07, 6.45) is 19.4. The third-order valence-electron chi connectivity index (χ3n) is 7.45. The molecule has 0 amide bonds. The van der Waals surface area contributed by atoms with Gasteiger partial charge in [0.2, 0.25) is 0 Å². The maximum atomic E-state index is 6.11. The minimum absolute atomic E-state index is 0.257. The van der Waals surface area contributed by atoms with Gasteiger partial charge in [0.05, 0.1) is 6.10 Å². The Labute approximate surface area is 226 Å². The maximum absolute atomic E-state index is 6.11. The number of aryl methyl sites for hydroxylation is 1. The second-order valence-corrected chi connectivity index (χ2v) is 10.8. The second-order valence-electron chi connectivity index (χ2n) is 10.8. The highest BCUT2D eigenvalue weighted by atomic mass is 16.5. The highest BCUT2D eigenvalue weighted by molar-refractivity contribution is 5.68. The van der Waals surface area contributed by atoms with Gasteiger partial charge in [-0.15, -0.1) is 0 Å². The number of ether oxygens (including phenoxy) is 1.